The number of rotatable bonds is 6. The summed E-state index contributed by atoms with van der Waals surface area (Å²) >= 11 is 0. The molecule has 0 saturated heterocycles. The minimum atomic E-state index is -0.587. The molecule has 0 aliphatic carbocycles. The van der Waals surface area contributed by atoms with Crippen molar-refractivity contribution in [2.75, 3.05) is 27.4 Å². The van der Waals surface area contributed by atoms with Gasteiger partial charge < -0.3 is 18.9 Å². The molecule has 0 atom stereocenters. The van der Waals surface area contributed by atoms with Crippen LogP contribution in [0.25, 0.3) is 0 Å². The molecule has 0 N–H and O–H groups in total. The molecule has 2 aromatic rings. The number of ether oxygens (including phenoxy) is 4. The highest BCUT2D eigenvalue weighted by Crippen LogP contribution is 2.06. The van der Waals surface area contributed by atoms with Gasteiger partial charge in [0.05, 0.1) is 38.6 Å². The third-order valence-corrected chi connectivity index (χ3v) is 3.33. The molecule has 2 aromatic heterocycles. The Balaban J connectivity index is 0.000000303. The summed E-state index contributed by atoms with van der Waals surface area (Å²) in [6.45, 7) is 3.97. The van der Waals surface area contributed by atoms with Crippen molar-refractivity contribution in [3.63, 3.8) is 0 Å². The van der Waals surface area contributed by atoms with E-state index in [0.29, 0.717) is 5.56 Å². The molecule has 0 aliphatic rings. The summed E-state index contributed by atoms with van der Waals surface area (Å²) in [5.74, 6) is -2.13. The van der Waals surface area contributed by atoms with Crippen molar-refractivity contribution in [3.8, 4) is 0 Å². The van der Waals surface area contributed by atoms with Gasteiger partial charge in [-0.25, -0.2) is 29.1 Å². The number of hydrogen-bond acceptors (Lipinski definition) is 10. The van der Waals surface area contributed by atoms with Gasteiger partial charge in [0.2, 0.25) is 0 Å². The summed E-state index contributed by atoms with van der Waals surface area (Å²) in [5, 5.41) is 0. The molecule has 0 fully saturated rings. The molecule has 0 aromatic carbocycles. The molecular weight excluding hydrogens is 396 g/mol. The first-order valence-corrected chi connectivity index (χ1v) is 8.80. The SMILES string of the molecule is CCOC(=O)c1ccnc(C(=O)OCC)c1.COC(=O)c1ccnc(C(=O)OC)c1. The number of pyridine rings is 2. The maximum Gasteiger partial charge on any atom is 0.356 e. The predicted molar refractivity (Wildman–Crippen MR) is 103 cm³/mol. The second-order valence-electron chi connectivity index (χ2n) is 5.28. The lowest BCUT2D eigenvalue weighted by atomic mass is 10.2. The van der Waals surface area contributed by atoms with E-state index in [9.17, 15) is 19.2 Å². The van der Waals surface area contributed by atoms with Crippen molar-refractivity contribution in [2.24, 2.45) is 0 Å². The zero-order valence-electron chi connectivity index (χ0n) is 17.0. The molecule has 160 valence electrons. The summed E-state index contributed by atoms with van der Waals surface area (Å²) < 4.78 is 18.5. The van der Waals surface area contributed by atoms with Gasteiger partial charge in [0.1, 0.15) is 11.4 Å². The number of carbonyl (C=O) groups excluding carboxylic acids is 4. The highest BCUT2D eigenvalue weighted by Gasteiger charge is 2.13. The van der Waals surface area contributed by atoms with Gasteiger partial charge in [0, 0.05) is 12.4 Å². The molecule has 0 saturated carbocycles. The first kappa shape index (κ1) is 24.2. The Morgan fingerprint density at radius 1 is 0.700 bits per heavy atom. The molecule has 0 unspecified atom stereocenters. The molecule has 2 rings (SSSR count). The Bertz CT molecular complexity index is 833. The Kier molecular flexibility index (Phi) is 10.2. The Morgan fingerprint density at radius 3 is 1.60 bits per heavy atom. The summed E-state index contributed by atoms with van der Waals surface area (Å²) in [6.07, 6.45) is 2.72. The second kappa shape index (κ2) is 12.6. The van der Waals surface area contributed by atoms with Crippen molar-refractivity contribution < 1.29 is 38.1 Å². The molecule has 0 spiro atoms. The van der Waals surface area contributed by atoms with Crippen LogP contribution in [0.5, 0.6) is 0 Å². The molecule has 0 amide bonds. The normalized spacial score (nSPS) is 9.47. The number of methoxy groups -OCH3 is 2. The van der Waals surface area contributed by atoms with Gasteiger partial charge in [-0.05, 0) is 38.1 Å². The van der Waals surface area contributed by atoms with E-state index in [1.54, 1.807) is 13.8 Å². The van der Waals surface area contributed by atoms with E-state index < -0.39 is 23.9 Å². The molecule has 0 bridgehead atoms. The van der Waals surface area contributed by atoms with Crippen LogP contribution >= 0.6 is 0 Å². The lowest BCUT2D eigenvalue weighted by Gasteiger charge is -2.03. The third kappa shape index (κ3) is 7.30. The number of carbonyl (C=O) groups is 4. The summed E-state index contributed by atoms with van der Waals surface area (Å²) in [6, 6.07) is 5.62. The number of aromatic nitrogens is 2. The fourth-order valence-corrected chi connectivity index (χ4v) is 1.98. The Morgan fingerprint density at radius 2 is 1.13 bits per heavy atom. The van der Waals surface area contributed by atoms with Gasteiger partial charge in [-0.2, -0.15) is 0 Å². The van der Waals surface area contributed by atoms with Gasteiger partial charge in [-0.3, -0.25) is 0 Å². The smallest absolute Gasteiger partial charge is 0.356 e. The van der Waals surface area contributed by atoms with E-state index in [1.807, 2.05) is 0 Å². The summed E-state index contributed by atoms with van der Waals surface area (Å²) in [4.78, 5) is 52.4. The average molecular weight is 418 g/mol. The standard InChI is InChI=1S/C11H13NO4.C9H9NO4/c1-3-15-10(13)8-5-6-12-9(7-8)11(14)16-4-2;1-13-8(11)6-3-4-10-7(5-6)9(12)14-2/h5-7H,3-4H2,1-2H3;3-5H,1-2H3. The first-order valence-electron chi connectivity index (χ1n) is 8.80. The fourth-order valence-electron chi connectivity index (χ4n) is 1.98. The highest BCUT2D eigenvalue weighted by atomic mass is 16.5. The van der Waals surface area contributed by atoms with Crippen LogP contribution in [0.1, 0.15) is 55.5 Å². The lowest BCUT2D eigenvalue weighted by Crippen LogP contribution is -2.10. The van der Waals surface area contributed by atoms with Gasteiger partial charge in [-0.15, -0.1) is 0 Å². The van der Waals surface area contributed by atoms with E-state index in [4.69, 9.17) is 9.47 Å². The topological polar surface area (TPSA) is 131 Å². The van der Waals surface area contributed by atoms with E-state index in [1.165, 1.54) is 50.9 Å². The zero-order chi connectivity index (χ0) is 22.5. The molecular formula is C20H22N2O8. The van der Waals surface area contributed by atoms with Crippen LogP contribution in [-0.4, -0.2) is 61.3 Å². The molecule has 10 heteroatoms. The monoisotopic (exact) mass is 418 g/mol. The van der Waals surface area contributed by atoms with Crippen LogP contribution in [0, 0.1) is 0 Å². The van der Waals surface area contributed by atoms with Crippen LogP contribution in [0.2, 0.25) is 0 Å². The van der Waals surface area contributed by atoms with Crippen LogP contribution in [0.15, 0.2) is 36.7 Å². The molecule has 0 radical (unpaired) electrons. The first-order chi connectivity index (χ1) is 14.4. The summed E-state index contributed by atoms with van der Waals surface area (Å²) in [5.41, 5.74) is 0.741. The van der Waals surface area contributed by atoms with E-state index in [-0.39, 0.29) is 30.2 Å². The third-order valence-electron chi connectivity index (χ3n) is 3.33. The Hall–Kier alpha value is -3.82. The molecule has 2 heterocycles. The van der Waals surface area contributed by atoms with Crippen molar-refractivity contribution in [1.82, 2.24) is 9.97 Å². The van der Waals surface area contributed by atoms with Crippen molar-refractivity contribution in [3.05, 3.63) is 59.2 Å². The molecule has 10 nitrogen and oxygen atoms in total. The number of hydrogen-bond donors (Lipinski definition) is 0. The minimum absolute atomic E-state index is 0.0791. The largest absolute Gasteiger partial charge is 0.465 e. The maximum atomic E-state index is 11.4. The van der Waals surface area contributed by atoms with Crippen LogP contribution in [0.4, 0.5) is 0 Å². The highest BCUT2D eigenvalue weighted by molar-refractivity contribution is 5.94. The molecule has 0 aliphatic heterocycles. The van der Waals surface area contributed by atoms with Crippen LogP contribution in [-0.2, 0) is 18.9 Å². The van der Waals surface area contributed by atoms with Gasteiger partial charge in [0.25, 0.3) is 0 Å². The average Bonchev–Trinajstić information content (AvgIpc) is 2.78. The molecule has 30 heavy (non-hydrogen) atoms. The van der Waals surface area contributed by atoms with Gasteiger partial charge in [-0.1, -0.05) is 0 Å². The quantitative estimate of drug-likeness (QED) is 0.507. The van der Waals surface area contributed by atoms with Crippen LogP contribution < -0.4 is 0 Å². The van der Waals surface area contributed by atoms with Gasteiger partial charge in [0.15, 0.2) is 0 Å². The van der Waals surface area contributed by atoms with Crippen molar-refractivity contribution in [1.29, 1.82) is 0 Å². The Labute approximate surface area is 173 Å². The predicted octanol–water partition coefficient (Wildman–Crippen LogP) is 2.09. The van der Waals surface area contributed by atoms with Crippen molar-refractivity contribution >= 4 is 23.9 Å². The van der Waals surface area contributed by atoms with Crippen molar-refractivity contribution in [2.45, 2.75) is 13.8 Å². The second-order valence-corrected chi connectivity index (χ2v) is 5.28. The number of esters is 4. The van der Waals surface area contributed by atoms with E-state index in [0.717, 1.165) is 0 Å². The minimum Gasteiger partial charge on any atom is -0.465 e. The summed E-state index contributed by atoms with van der Waals surface area (Å²) in [7, 11) is 2.51. The van der Waals surface area contributed by atoms with E-state index >= 15 is 0 Å². The lowest BCUT2D eigenvalue weighted by molar-refractivity contribution is 0.0515. The van der Waals surface area contributed by atoms with Crippen LogP contribution in [0.3, 0.4) is 0 Å². The maximum absolute atomic E-state index is 11.4. The number of nitrogens with zero attached hydrogens (tertiary/aromatic N) is 2. The van der Waals surface area contributed by atoms with E-state index in [2.05, 4.69) is 19.4 Å². The fraction of sp³-hybridized carbons (Fsp3) is 0.300. The van der Waals surface area contributed by atoms with Gasteiger partial charge >= 0.3 is 23.9 Å². The zero-order valence-corrected chi connectivity index (χ0v) is 17.0.